The summed E-state index contributed by atoms with van der Waals surface area (Å²) in [6.45, 7) is 17.6. The molecule has 1 atom stereocenters. The molecule has 0 aromatic heterocycles. The molecule has 0 fully saturated rings. The Morgan fingerprint density at radius 3 is 1.76 bits per heavy atom. The van der Waals surface area contributed by atoms with Crippen molar-refractivity contribution in [1.82, 2.24) is 10.9 Å². The molecule has 0 aliphatic heterocycles. The third-order valence-electron chi connectivity index (χ3n) is 3.51. The molecule has 0 aromatic rings. The summed E-state index contributed by atoms with van der Waals surface area (Å²) in [7, 11) is 0. The monoisotopic (exact) mass is 352 g/mol. The third kappa shape index (κ3) is 11.5. The van der Waals surface area contributed by atoms with Crippen LogP contribution in [0.25, 0.3) is 0 Å². The van der Waals surface area contributed by atoms with Gasteiger partial charge in [0, 0.05) is 23.8 Å². The van der Waals surface area contributed by atoms with Gasteiger partial charge in [-0.1, -0.05) is 62.3 Å². The van der Waals surface area contributed by atoms with Gasteiger partial charge in [-0.05, 0) is 23.7 Å². The Hall–Kier alpha value is -1.72. The average Bonchev–Trinajstić information content (AvgIpc) is 2.41. The van der Waals surface area contributed by atoms with E-state index in [0.717, 1.165) is 0 Å². The second-order valence-electron chi connectivity index (χ2n) is 9.49. The van der Waals surface area contributed by atoms with Gasteiger partial charge in [0.1, 0.15) is 0 Å². The number of amides is 2. The van der Waals surface area contributed by atoms with E-state index in [-0.39, 0.29) is 28.6 Å². The SMILES string of the molecule is CC(CCC(C)(C)C(=O)N/N=C/C(C)(C)C)C(=O)N/N=C/C(C)(C)C. The van der Waals surface area contributed by atoms with Crippen LogP contribution in [0.5, 0.6) is 0 Å². The Balaban J connectivity index is 4.47. The Bertz CT molecular complexity index is 508. The molecule has 0 saturated heterocycles. The standard InChI is InChI=1S/C19H36N4O2/c1-14(15(24)22-20-12-17(2,3)4)10-11-19(8,9)16(25)23-21-13-18(5,6)7/h12-14H,10-11H2,1-9H3,(H,22,24)(H,23,25)/b20-12+,21-13+. The van der Waals surface area contributed by atoms with Gasteiger partial charge in [-0.25, -0.2) is 10.9 Å². The number of rotatable bonds is 7. The van der Waals surface area contributed by atoms with E-state index in [1.165, 1.54) is 0 Å². The van der Waals surface area contributed by atoms with Gasteiger partial charge in [-0.15, -0.1) is 0 Å². The zero-order chi connectivity index (χ0) is 19.9. The second kappa shape index (κ2) is 9.11. The smallest absolute Gasteiger partial charge is 0.245 e. The van der Waals surface area contributed by atoms with Gasteiger partial charge in [-0.3, -0.25) is 9.59 Å². The summed E-state index contributed by atoms with van der Waals surface area (Å²) in [5.41, 5.74) is 4.39. The van der Waals surface area contributed by atoms with Crippen LogP contribution in [-0.4, -0.2) is 24.2 Å². The number of nitrogens with zero attached hydrogens (tertiary/aromatic N) is 2. The first-order valence-corrected chi connectivity index (χ1v) is 8.83. The summed E-state index contributed by atoms with van der Waals surface area (Å²) < 4.78 is 0. The molecule has 0 spiro atoms. The van der Waals surface area contributed by atoms with Crippen LogP contribution >= 0.6 is 0 Å². The lowest BCUT2D eigenvalue weighted by atomic mass is 9.84. The lowest BCUT2D eigenvalue weighted by Crippen LogP contribution is -2.35. The highest BCUT2D eigenvalue weighted by molar-refractivity contribution is 5.83. The van der Waals surface area contributed by atoms with Crippen LogP contribution in [0.15, 0.2) is 10.2 Å². The molecule has 0 heterocycles. The molecule has 0 saturated carbocycles. The molecular weight excluding hydrogens is 316 g/mol. The van der Waals surface area contributed by atoms with Crippen molar-refractivity contribution < 1.29 is 9.59 Å². The summed E-state index contributed by atoms with van der Waals surface area (Å²) >= 11 is 0. The zero-order valence-electron chi connectivity index (χ0n) is 17.4. The first-order chi connectivity index (χ1) is 11.1. The number of hydrogen-bond donors (Lipinski definition) is 2. The Labute approximate surface area is 152 Å². The van der Waals surface area contributed by atoms with Crippen molar-refractivity contribution >= 4 is 24.2 Å². The van der Waals surface area contributed by atoms with E-state index < -0.39 is 5.41 Å². The van der Waals surface area contributed by atoms with Crippen LogP contribution in [0.2, 0.25) is 0 Å². The topological polar surface area (TPSA) is 82.9 Å². The van der Waals surface area contributed by atoms with Crippen molar-refractivity contribution in [2.45, 2.75) is 75.2 Å². The minimum Gasteiger partial charge on any atom is -0.273 e. The van der Waals surface area contributed by atoms with Gasteiger partial charge in [0.2, 0.25) is 11.8 Å². The number of hydrogen-bond acceptors (Lipinski definition) is 4. The van der Waals surface area contributed by atoms with Gasteiger partial charge in [-0.2, -0.15) is 10.2 Å². The Morgan fingerprint density at radius 1 is 0.880 bits per heavy atom. The molecule has 144 valence electrons. The molecule has 0 radical (unpaired) electrons. The first-order valence-electron chi connectivity index (χ1n) is 8.83. The van der Waals surface area contributed by atoms with E-state index in [1.54, 1.807) is 12.4 Å². The van der Waals surface area contributed by atoms with E-state index in [0.29, 0.717) is 12.8 Å². The summed E-state index contributed by atoms with van der Waals surface area (Å²) in [5, 5.41) is 8.00. The van der Waals surface area contributed by atoms with Crippen molar-refractivity contribution in [3.8, 4) is 0 Å². The molecule has 6 nitrogen and oxygen atoms in total. The predicted octanol–water partition coefficient (Wildman–Crippen LogP) is 3.73. The normalized spacial score (nSPS) is 14.8. The molecule has 0 rings (SSSR count). The van der Waals surface area contributed by atoms with Crippen molar-refractivity contribution in [3.05, 3.63) is 0 Å². The summed E-state index contributed by atoms with van der Waals surface area (Å²) in [6.07, 6.45) is 4.61. The van der Waals surface area contributed by atoms with Crippen LogP contribution in [0, 0.1) is 22.2 Å². The molecule has 6 heteroatoms. The van der Waals surface area contributed by atoms with Crippen molar-refractivity contribution in [1.29, 1.82) is 0 Å². The quantitative estimate of drug-likeness (QED) is 0.540. The largest absolute Gasteiger partial charge is 0.273 e. The van der Waals surface area contributed by atoms with Gasteiger partial charge in [0.25, 0.3) is 0 Å². The van der Waals surface area contributed by atoms with E-state index in [4.69, 9.17) is 0 Å². The van der Waals surface area contributed by atoms with Gasteiger partial charge in [0.05, 0.1) is 0 Å². The number of carbonyl (C=O) groups excluding carboxylic acids is 2. The van der Waals surface area contributed by atoms with Crippen molar-refractivity contribution in [2.75, 3.05) is 0 Å². The van der Waals surface area contributed by atoms with Gasteiger partial charge in [0.15, 0.2) is 0 Å². The maximum Gasteiger partial charge on any atom is 0.245 e. The maximum absolute atomic E-state index is 12.3. The van der Waals surface area contributed by atoms with Crippen LogP contribution in [-0.2, 0) is 9.59 Å². The fourth-order valence-electron chi connectivity index (χ4n) is 1.66. The summed E-state index contributed by atoms with van der Waals surface area (Å²) in [4.78, 5) is 24.3. The van der Waals surface area contributed by atoms with Gasteiger partial charge >= 0.3 is 0 Å². The number of hydrazone groups is 2. The molecule has 25 heavy (non-hydrogen) atoms. The van der Waals surface area contributed by atoms with Gasteiger partial charge < -0.3 is 0 Å². The second-order valence-corrected chi connectivity index (χ2v) is 9.49. The lowest BCUT2D eigenvalue weighted by Gasteiger charge is -2.23. The summed E-state index contributed by atoms with van der Waals surface area (Å²) in [6, 6.07) is 0. The van der Waals surface area contributed by atoms with Crippen LogP contribution in [0.4, 0.5) is 0 Å². The summed E-state index contributed by atoms with van der Waals surface area (Å²) in [5.74, 6) is -0.504. The molecule has 0 bridgehead atoms. The highest BCUT2D eigenvalue weighted by Gasteiger charge is 2.29. The minimum absolute atomic E-state index is 0.0792. The van der Waals surface area contributed by atoms with Crippen LogP contribution in [0.1, 0.15) is 75.2 Å². The van der Waals surface area contributed by atoms with E-state index in [9.17, 15) is 9.59 Å². The highest BCUT2D eigenvalue weighted by atomic mass is 16.2. The first kappa shape index (κ1) is 23.3. The zero-order valence-corrected chi connectivity index (χ0v) is 17.4. The fourth-order valence-corrected chi connectivity index (χ4v) is 1.66. The van der Waals surface area contributed by atoms with Crippen molar-refractivity contribution in [2.24, 2.45) is 32.4 Å². The lowest BCUT2D eigenvalue weighted by molar-refractivity contribution is -0.131. The van der Waals surface area contributed by atoms with E-state index >= 15 is 0 Å². The maximum atomic E-state index is 12.3. The fraction of sp³-hybridized carbons (Fsp3) is 0.789. The molecular formula is C19H36N4O2. The van der Waals surface area contributed by atoms with Crippen molar-refractivity contribution in [3.63, 3.8) is 0 Å². The predicted molar refractivity (Wildman–Crippen MR) is 104 cm³/mol. The molecule has 0 aromatic carbocycles. The Morgan fingerprint density at radius 2 is 1.32 bits per heavy atom. The average molecular weight is 353 g/mol. The van der Waals surface area contributed by atoms with Crippen LogP contribution in [0.3, 0.4) is 0 Å². The highest BCUT2D eigenvalue weighted by Crippen LogP contribution is 2.25. The van der Waals surface area contributed by atoms with Crippen LogP contribution < -0.4 is 10.9 Å². The molecule has 0 aliphatic rings. The minimum atomic E-state index is -0.599. The number of nitrogens with one attached hydrogen (secondary N) is 2. The number of carbonyl (C=O) groups is 2. The molecule has 0 aliphatic carbocycles. The molecule has 2 amide bonds. The molecule has 1 unspecified atom stereocenters. The van der Waals surface area contributed by atoms with E-state index in [2.05, 4.69) is 21.1 Å². The molecule has 2 N–H and O–H groups in total. The van der Waals surface area contributed by atoms with E-state index in [1.807, 2.05) is 62.3 Å². The Kier molecular flexibility index (Phi) is 8.48. The third-order valence-corrected chi connectivity index (χ3v) is 3.51.